The fraction of sp³-hybridized carbons (Fsp3) is 0.0714. The van der Waals surface area contributed by atoms with Crippen LogP contribution in [0.3, 0.4) is 0 Å². The Hall–Kier alpha value is -2.91. The molecule has 0 aliphatic carbocycles. The number of anilines is 1. The second kappa shape index (κ2) is 6.31. The first kappa shape index (κ1) is 13.5. The largest absolute Gasteiger partial charge is 0.505 e. The van der Waals surface area contributed by atoms with E-state index in [0.29, 0.717) is 11.5 Å². The summed E-state index contributed by atoms with van der Waals surface area (Å²) < 4.78 is 0. The first-order valence-electron chi connectivity index (χ1n) is 5.72. The van der Waals surface area contributed by atoms with E-state index in [2.05, 4.69) is 27.1 Å². The van der Waals surface area contributed by atoms with Gasteiger partial charge in [0.15, 0.2) is 0 Å². The van der Waals surface area contributed by atoms with Gasteiger partial charge in [-0.3, -0.25) is 9.78 Å². The smallest absolute Gasteiger partial charge is 0.260 e. The number of amides is 1. The monoisotopic (exact) mass is 269 g/mol. The van der Waals surface area contributed by atoms with Crippen molar-refractivity contribution in [3.8, 4) is 17.6 Å². The molecule has 2 aromatic heterocycles. The molecule has 2 heterocycles. The van der Waals surface area contributed by atoms with Gasteiger partial charge in [0.05, 0.1) is 11.8 Å². The zero-order valence-electron chi connectivity index (χ0n) is 10.4. The van der Waals surface area contributed by atoms with Crippen LogP contribution in [0.15, 0.2) is 36.7 Å². The average Bonchev–Trinajstić information content (AvgIpc) is 2.46. The highest BCUT2D eigenvalue weighted by atomic mass is 16.3. The van der Waals surface area contributed by atoms with Gasteiger partial charge in [0.2, 0.25) is 0 Å². The molecule has 6 heteroatoms. The Kier molecular flexibility index (Phi) is 4.27. The molecule has 0 aliphatic heterocycles. The van der Waals surface area contributed by atoms with Crippen molar-refractivity contribution in [3.63, 3.8) is 0 Å². The molecule has 0 aromatic carbocycles. The lowest BCUT2D eigenvalue weighted by atomic mass is 10.2. The van der Waals surface area contributed by atoms with Crippen LogP contribution in [-0.4, -0.2) is 32.7 Å². The summed E-state index contributed by atoms with van der Waals surface area (Å²) in [7, 11) is 0. The van der Waals surface area contributed by atoms with Gasteiger partial charge in [-0.2, -0.15) is 0 Å². The molecule has 2 rings (SSSR count). The maximum absolute atomic E-state index is 11.9. The van der Waals surface area contributed by atoms with Crippen LogP contribution in [0.4, 0.5) is 5.82 Å². The molecule has 0 aliphatic rings. The van der Waals surface area contributed by atoms with Crippen molar-refractivity contribution >= 4 is 11.7 Å². The molecule has 6 nitrogen and oxygen atoms in total. The number of nitrogens with one attached hydrogen (secondary N) is 1. The van der Waals surface area contributed by atoms with E-state index in [1.165, 1.54) is 18.5 Å². The van der Waals surface area contributed by atoms with Crippen LogP contribution in [0.5, 0.6) is 5.75 Å². The number of pyridine rings is 2. The molecule has 1 amide bonds. The second-order valence-electron chi connectivity index (χ2n) is 3.71. The molecule has 0 atom stereocenters. The number of carbonyl (C=O) groups excluding carboxylic acids is 1. The topological polar surface area (TPSA) is 95.3 Å². The number of aliphatic hydroxyl groups excluding tert-OH is 1. The standard InChI is InChI=1S/C14H11N3O3/c18-8-2-4-10-3-1-5-13(16-10)17-14(20)11-6-7-15-9-12(11)19/h1,3,5-7,9,18-19H,8H2,(H,16,17,20). The zero-order valence-corrected chi connectivity index (χ0v) is 10.4. The van der Waals surface area contributed by atoms with Gasteiger partial charge in [0.25, 0.3) is 5.91 Å². The highest BCUT2D eigenvalue weighted by Gasteiger charge is 2.11. The maximum atomic E-state index is 11.9. The van der Waals surface area contributed by atoms with E-state index in [4.69, 9.17) is 5.11 Å². The third-order valence-electron chi connectivity index (χ3n) is 2.33. The Morgan fingerprint density at radius 2 is 2.20 bits per heavy atom. The fourth-order valence-corrected chi connectivity index (χ4v) is 1.47. The Labute approximate surface area is 115 Å². The van der Waals surface area contributed by atoms with Crippen molar-refractivity contribution in [2.45, 2.75) is 0 Å². The molecule has 0 spiro atoms. The molecule has 0 saturated carbocycles. The molecule has 0 bridgehead atoms. The summed E-state index contributed by atoms with van der Waals surface area (Å²) >= 11 is 0. The summed E-state index contributed by atoms with van der Waals surface area (Å²) in [4.78, 5) is 19.7. The highest BCUT2D eigenvalue weighted by Crippen LogP contribution is 2.15. The number of carbonyl (C=O) groups is 1. The van der Waals surface area contributed by atoms with Crippen molar-refractivity contribution in [1.82, 2.24) is 9.97 Å². The highest BCUT2D eigenvalue weighted by molar-refractivity contribution is 6.05. The van der Waals surface area contributed by atoms with E-state index in [0.717, 1.165) is 0 Å². The summed E-state index contributed by atoms with van der Waals surface area (Å²) in [5, 5.41) is 20.7. The Morgan fingerprint density at radius 1 is 1.35 bits per heavy atom. The molecule has 0 radical (unpaired) electrons. The number of rotatable bonds is 2. The van der Waals surface area contributed by atoms with Gasteiger partial charge in [0, 0.05) is 6.20 Å². The van der Waals surface area contributed by atoms with E-state index in [1.807, 2.05) is 0 Å². The minimum absolute atomic E-state index is 0.105. The normalized spacial score (nSPS) is 9.45. The predicted molar refractivity (Wildman–Crippen MR) is 72.1 cm³/mol. The first-order valence-corrected chi connectivity index (χ1v) is 5.72. The molecule has 0 fully saturated rings. The quantitative estimate of drug-likeness (QED) is 0.700. The number of aliphatic hydroxyl groups is 1. The van der Waals surface area contributed by atoms with E-state index in [9.17, 15) is 9.90 Å². The van der Waals surface area contributed by atoms with E-state index in [-0.39, 0.29) is 17.9 Å². The van der Waals surface area contributed by atoms with Crippen LogP contribution in [0.25, 0.3) is 0 Å². The lowest BCUT2D eigenvalue weighted by Gasteiger charge is -2.05. The van der Waals surface area contributed by atoms with Gasteiger partial charge in [-0.25, -0.2) is 4.98 Å². The molecular formula is C14H11N3O3. The van der Waals surface area contributed by atoms with E-state index in [1.54, 1.807) is 18.2 Å². The third kappa shape index (κ3) is 3.31. The molecule has 3 N–H and O–H groups in total. The minimum atomic E-state index is -0.496. The van der Waals surface area contributed by atoms with Crippen molar-refractivity contribution in [2.24, 2.45) is 0 Å². The molecule has 20 heavy (non-hydrogen) atoms. The number of hydrogen-bond donors (Lipinski definition) is 3. The van der Waals surface area contributed by atoms with E-state index >= 15 is 0 Å². The predicted octanol–water partition coefficient (Wildman–Crippen LogP) is 0.778. The van der Waals surface area contributed by atoms with Crippen LogP contribution in [0.2, 0.25) is 0 Å². The van der Waals surface area contributed by atoms with Crippen LogP contribution in [0.1, 0.15) is 16.1 Å². The van der Waals surface area contributed by atoms with E-state index < -0.39 is 5.91 Å². The number of aromatic nitrogens is 2. The maximum Gasteiger partial charge on any atom is 0.260 e. The van der Waals surface area contributed by atoms with Gasteiger partial charge in [-0.1, -0.05) is 12.0 Å². The number of hydrogen-bond acceptors (Lipinski definition) is 5. The van der Waals surface area contributed by atoms with Crippen molar-refractivity contribution in [1.29, 1.82) is 0 Å². The first-order chi connectivity index (χ1) is 9.70. The summed E-state index contributed by atoms with van der Waals surface area (Å²) in [6, 6.07) is 6.33. The van der Waals surface area contributed by atoms with Crippen LogP contribution in [-0.2, 0) is 0 Å². The van der Waals surface area contributed by atoms with Gasteiger partial charge in [0.1, 0.15) is 23.9 Å². The second-order valence-corrected chi connectivity index (χ2v) is 3.71. The number of nitrogens with zero attached hydrogens (tertiary/aromatic N) is 2. The molecule has 100 valence electrons. The molecular weight excluding hydrogens is 258 g/mol. The van der Waals surface area contributed by atoms with Crippen LogP contribution >= 0.6 is 0 Å². The zero-order chi connectivity index (χ0) is 14.4. The molecule has 2 aromatic rings. The van der Waals surface area contributed by atoms with Gasteiger partial charge in [-0.05, 0) is 24.1 Å². The van der Waals surface area contributed by atoms with Crippen molar-refractivity contribution < 1.29 is 15.0 Å². The summed E-state index contributed by atoms with van der Waals surface area (Å²) in [5.74, 6) is 4.70. The molecule has 0 saturated heterocycles. The lowest BCUT2D eigenvalue weighted by Crippen LogP contribution is -2.13. The summed E-state index contributed by atoms with van der Waals surface area (Å²) in [6.45, 7) is -0.261. The number of aromatic hydroxyl groups is 1. The summed E-state index contributed by atoms with van der Waals surface area (Å²) in [6.07, 6.45) is 2.59. The molecule has 0 unspecified atom stereocenters. The summed E-state index contributed by atoms with van der Waals surface area (Å²) in [5.41, 5.74) is 0.532. The van der Waals surface area contributed by atoms with Crippen LogP contribution < -0.4 is 5.32 Å². The Bertz CT molecular complexity index is 689. The SMILES string of the molecule is O=C(Nc1cccc(C#CCO)n1)c1ccncc1O. The minimum Gasteiger partial charge on any atom is -0.505 e. The third-order valence-corrected chi connectivity index (χ3v) is 2.33. The van der Waals surface area contributed by atoms with Crippen LogP contribution in [0, 0.1) is 11.8 Å². The van der Waals surface area contributed by atoms with Crippen molar-refractivity contribution in [2.75, 3.05) is 11.9 Å². The van der Waals surface area contributed by atoms with Gasteiger partial charge >= 0.3 is 0 Å². The Morgan fingerprint density at radius 3 is 2.95 bits per heavy atom. The van der Waals surface area contributed by atoms with Gasteiger partial charge in [-0.15, -0.1) is 0 Å². The van der Waals surface area contributed by atoms with Gasteiger partial charge < -0.3 is 15.5 Å². The average molecular weight is 269 g/mol. The fourth-order valence-electron chi connectivity index (χ4n) is 1.47. The Balaban J connectivity index is 2.18. The van der Waals surface area contributed by atoms with Crippen molar-refractivity contribution in [3.05, 3.63) is 47.9 Å². The lowest BCUT2D eigenvalue weighted by molar-refractivity contribution is 0.102.